The normalized spacial score (nSPS) is 10.2. The lowest BCUT2D eigenvalue weighted by Crippen LogP contribution is -1.92. The number of thioether (sulfide) groups is 1. The molecule has 0 saturated heterocycles. The highest BCUT2D eigenvalue weighted by molar-refractivity contribution is 8.13. The first-order chi connectivity index (χ1) is 5.81. The zero-order chi connectivity index (χ0) is 9.23. The Hall–Kier alpha value is 0.0200. The van der Waals surface area contributed by atoms with Crippen LogP contribution in [0.5, 0.6) is 0 Å². The molecule has 0 aromatic heterocycles. The van der Waals surface area contributed by atoms with Crippen molar-refractivity contribution in [3.63, 3.8) is 0 Å². The summed E-state index contributed by atoms with van der Waals surface area (Å²) in [6, 6.07) is 0. The van der Waals surface area contributed by atoms with E-state index in [2.05, 4.69) is 13.8 Å². The molecule has 0 aromatic rings. The summed E-state index contributed by atoms with van der Waals surface area (Å²) in [4.78, 5) is 11.1. The first-order valence-corrected chi connectivity index (χ1v) is 5.95. The Morgan fingerprint density at radius 2 is 1.75 bits per heavy atom. The van der Waals surface area contributed by atoms with Crippen molar-refractivity contribution in [2.45, 2.75) is 52.4 Å². The molecule has 0 amide bonds. The van der Waals surface area contributed by atoms with Crippen LogP contribution < -0.4 is 0 Å². The number of carbonyl (C=O) groups is 1. The lowest BCUT2D eigenvalue weighted by Gasteiger charge is -1.98. The van der Waals surface area contributed by atoms with E-state index >= 15 is 0 Å². The van der Waals surface area contributed by atoms with Gasteiger partial charge >= 0.3 is 0 Å². The highest BCUT2D eigenvalue weighted by Crippen LogP contribution is 2.11. The summed E-state index contributed by atoms with van der Waals surface area (Å²) >= 11 is 1.52. The van der Waals surface area contributed by atoms with Gasteiger partial charge in [-0.3, -0.25) is 4.79 Å². The molecule has 0 aromatic carbocycles. The topological polar surface area (TPSA) is 17.1 Å². The van der Waals surface area contributed by atoms with E-state index < -0.39 is 0 Å². The van der Waals surface area contributed by atoms with Crippen LogP contribution in [0.4, 0.5) is 0 Å². The molecule has 12 heavy (non-hydrogen) atoms. The van der Waals surface area contributed by atoms with Gasteiger partial charge in [0.15, 0.2) is 5.12 Å². The monoisotopic (exact) mass is 188 g/mol. The fourth-order valence-corrected chi connectivity index (χ4v) is 1.80. The van der Waals surface area contributed by atoms with Gasteiger partial charge in [0.25, 0.3) is 0 Å². The molecule has 0 radical (unpaired) electrons. The van der Waals surface area contributed by atoms with Crippen LogP contribution in [0.3, 0.4) is 0 Å². The Labute approximate surface area is 80.3 Å². The van der Waals surface area contributed by atoms with Gasteiger partial charge in [0.2, 0.25) is 0 Å². The molecule has 0 fully saturated rings. The average Bonchev–Trinajstić information content (AvgIpc) is 2.09. The van der Waals surface area contributed by atoms with Crippen LogP contribution in [0.1, 0.15) is 52.4 Å². The van der Waals surface area contributed by atoms with Gasteiger partial charge in [0.05, 0.1) is 0 Å². The minimum atomic E-state index is 0.382. The van der Waals surface area contributed by atoms with E-state index in [-0.39, 0.29) is 0 Å². The standard InChI is InChI=1S/C10H20OS/c1-3-5-7-9-12-10(11)8-6-4-2/h3-9H2,1-2H3. The molecule has 0 saturated carbocycles. The number of hydrogen-bond acceptors (Lipinski definition) is 2. The van der Waals surface area contributed by atoms with E-state index in [0.29, 0.717) is 5.12 Å². The van der Waals surface area contributed by atoms with Crippen molar-refractivity contribution in [3.8, 4) is 0 Å². The minimum absolute atomic E-state index is 0.382. The third-order valence-electron chi connectivity index (χ3n) is 1.75. The van der Waals surface area contributed by atoms with Crippen molar-refractivity contribution in [1.82, 2.24) is 0 Å². The van der Waals surface area contributed by atoms with Crippen molar-refractivity contribution in [2.75, 3.05) is 5.75 Å². The molecule has 2 heteroatoms. The summed E-state index contributed by atoms with van der Waals surface area (Å²) in [5.74, 6) is 1.02. The zero-order valence-corrected chi connectivity index (χ0v) is 9.08. The molecule has 0 aliphatic rings. The van der Waals surface area contributed by atoms with Crippen molar-refractivity contribution < 1.29 is 4.79 Å². The van der Waals surface area contributed by atoms with E-state index in [0.717, 1.165) is 25.0 Å². The van der Waals surface area contributed by atoms with Crippen molar-refractivity contribution in [2.24, 2.45) is 0 Å². The molecule has 72 valence electrons. The maximum absolute atomic E-state index is 11.1. The zero-order valence-electron chi connectivity index (χ0n) is 8.27. The number of rotatable bonds is 7. The van der Waals surface area contributed by atoms with Crippen LogP contribution in [0, 0.1) is 0 Å². The third kappa shape index (κ3) is 8.12. The van der Waals surface area contributed by atoms with Gasteiger partial charge in [-0.15, -0.1) is 0 Å². The summed E-state index contributed by atoms with van der Waals surface area (Å²) in [6.07, 6.45) is 6.64. The second-order valence-electron chi connectivity index (χ2n) is 3.03. The maximum Gasteiger partial charge on any atom is 0.188 e. The van der Waals surface area contributed by atoms with E-state index in [4.69, 9.17) is 0 Å². The molecular formula is C10H20OS. The Morgan fingerprint density at radius 1 is 1.08 bits per heavy atom. The lowest BCUT2D eigenvalue weighted by atomic mass is 10.3. The van der Waals surface area contributed by atoms with Crippen LogP contribution in [0.2, 0.25) is 0 Å². The molecule has 0 atom stereocenters. The molecule has 0 heterocycles. The minimum Gasteiger partial charge on any atom is -0.287 e. The van der Waals surface area contributed by atoms with Gasteiger partial charge in [-0.25, -0.2) is 0 Å². The van der Waals surface area contributed by atoms with Crippen molar-refractivity contribution >= 4 is 16.9 Å². The van der Waals surface area contributed by atoms with E-state index in [1.165, 1.54) is 31.0 Å². The van der Waals surface area contributed by atoms with Gasteiger partial charge in [0, 0.05) is 12.2 Å². The molecule has 0 unspecified atom stereocenters. The molecular weight excluding hydrogens is 168 g/mol. The summed E-state index contributed by atoms with van der Waals surface area (Å²) in [6.45, 7) is 4.30. The molecule has 1 nitrogen and oxygen atoms in total. The van der Waals surface area contributed by atoms with Gasteiger partial charge in [-0.05, 0) is 12.8 Å². The number of carbonyl (C=O) groups excluding carboxylic acids is 1. The van der Waals surface area contributed by atoms with Crippen LogP contribution in [-0.2, 0) is 4.79 Å². The Morgan fingerprint density at radius 3 is 2.33 bits per heavy atom. The fourth-order valence-electron chi connectivity index (χ4n) is 0.931. The molecule has 0 bridgehead atoms. The highest BCUT2D eigenvalue weighted by atomic mass is 32.2. The summed E-state index contributed by atoms with van der Waals surface area (Å²) in [5, 5.41) is 0.382. The second kappa shape index (κ2) is 9.11. The summed E-state index contributed by atoms with van der Waals surface area (Å²) < 4.78 is 0. The average molecular weight is 188 g/mol. The molecule has 0 rings (SSSR count). The number of unbranched alkanes of at least 4 members (excludes halogenated alkanes) is 3. The van der Waals surface area contributed by atoms with Gasteiger partial charge in [-0.2, -0.15) is 0 Å². The van der Waals surface area contributed by atoms with E-state index in [1.807, 2.05) is 0 Å². The molecule has 0 aliphatic heterocycles. The number of hydrogen-bond donors (Lipinski definition) is 0. The largest absolute Gasteiger partial charge is 0.287 e. The quantitative estimate of drug-likeness (QED) is 0.567. The van der Waals surface area contributed by atoms with Gasteiger partial charge < -0.3 is 0 Å². The van der Waals surface area contributed by atoms with Crippen LogP contribution in [-0.4, -0.2) is 10.9 Å². The first-order valence-electron chi connectivity index (χ1n) is 4.96. The Balaban J connectivity index is 3.08. The molecule has 0 N–H and O–H groups in total. The Kier molecular flexibility index (Phi) is 9.13. The second-order valence-corrected chi connectivity index (χ2v) is 4.18. The predicted molar refractivity (Wildman–Crippen MR) is 56.5 cm³/mol. The maximum atomic E-state index is 11.1. The smallest absolute Gasteiger partial charge is 0.188 e. The van der Waals surface area contributed by atoms with Crippen LogP contribution >= 0.6 is 11.8 Å². The summed E-state index contributed by atoms with van der Waals surface area (Å²) in [5.41, 5.74) is 0. The Bertz CT molecular complexity index is 112. The predicted octanol–water partition coefficient (Wildman–Crippen LogP) is 3.63. The summed E-state index contributed by atoms with van der Waals surface area (Å²) in [7, 11) is 0. The van der Waals surface area contributed by atoms with Crippen molar-refractivity contribution in [3.05, 3.63) is 0 Å². The highest BCUT2D eigenvalue weighted by Gasteiger charge is 2.00. The molecule has 0 aliphatic carbocycles. The first kappa shape index (κ1) is 12.0. The van der Waals surface area contributed by atoms with E-state index in [1.54, 1.807) is 0 Å². The van der Waals surface area contributed by atoms with Crippen LogP contribution in [0.25, 0.3) is 0 Å². The fraction of sp³-hybridized carbons (Fsp3) is 0.900. The van der Waals surface area contributed by atoms with Crippen LogP contribution in [0.15, 0.2) is 0 Å². The van der Waals surface area contributed by atoms with Crippen molar-refractivity contribution in [1.29, 1.82) is 0 Å². The van der Waals surface area contributed by atoms with Gasteiger partial charge in [0.1, 0.15) is 0 Å². The molecule has 0 spiro atoms. The SMILES string of the molecule is CCCCCSC(=O)CCCC. The lowest BCUT2D eigenvalue weighted by molar-refractivity contribution is -0.111. The third-order valence-corrected chi connectivity index (χ3v) is 2.76. The van der Waals surface area contributed by atoms with Gasteiger partial charge in [-0.1, -0.05) is 44.9 Å². The van der Waals surface area contributed by atoms with E-state index in [9.17, 15) is 4.79 Å².